The van der Waals surface area contributed by atoms with Gasteiger partial charge in [0.05, 0.1) is 0 Å². The zero-order valence-electron chi connectivity index (χ0n) is 15.6. The zero-order valence-corrected chi connectivity index (χ0v) is 15.6. The van der Waals surface area contributed by atoms with Crippen LogP contribution in [0.5, 0.6) is 11.5 Å². The topological polar surface area (TPSA) is 22.1 Å². The molecular weight excluding hydrogens is 342 g/mol. The van der Waals surface area contributed by atoms with Crippen LogP contribution in [-0.2, 0) is 0 Å². The number of aromatic nitrogens is 1. The van der Waals surface area contributed by atoms with Crippen LogP contribution in [0.3, 0.4) is 0 Å². The van der Waals surface area contributed by atoms with Crippen LogP contribution in [0.2, 0.25) is 0 Å². The second kappa shape index (κ2) is 6.82. The first-order chi connectivity index (χ1) is 13.8. The molecule has 0 atom stereocenters. The van der Waals surface area contributed by atoms with Gasteiger partial charge in [-0.15, -0.1) is 0 Å². The molecular formula is C26H19NO. The Bertz CT molecular complexity index is 1220. The third-order valence-corrected chi connectivity index (χ3v) is 5.08. The number of rotatable bonds is 3. The molecule has 0 aliphatic heterocycles. The van der Waals surface area contributed by atoms with Crippen LogP contribution in [0.15, 0.2) is 97.3 Å². The van der Waals surface area contributed by atoms with E-state index >= 15 is 0 Å². The van der Waals surface area contributed by atoms with Crippen LogP contribution in [0, 0.1) is 6.92 Å². The molecule has 0 bridgehead atoms. The standard InChI is InChI=1S/C26H19NO/c1-18-11-13-19(14-12-18)25-21-9-5-6-10-22(21)26(23-15-16-27-17-24(23)25)28-20-7-3-2-4-8-20/h2-17H,1H3. The number of hydrogen-bond acceptors (Lipinski definition) is 2. The molecule has 2 heteroatoms. The van der Waals surface area contributed by atoms with Crippen LogP contribution < -0.4 is 4.74 Å². The van der Waals surface area contributed by atoms with Gasteiger partial charge in [-0.05, 0) is 41.6 Å². The lowest BCUT2D eigenvalue weighted by Gasteiger charge is -2.17. The van der Waals surface area contributed by atoms with Gasteiger partial charge in [0.1, 0.15) is 11.5 Å². The Labute approximate surface area is 164 Å². The highest BCUT2D eigenvalue weighted by molar-refractivity contribution is 6.16. The number of ether oxygens (including phenoxy) is 1. The molecule has 0 N–H and O–H groups in total. The van der Waals surface area contributed by atoms with Gasteiger partial charge in [-0.25, -0.2) is 0 Å². The number of benzene rings is 4. The number of para-hydroxylation sites is 1. The van der Waals surface area contributed by atoms with Gasteiger partial charge in [0, 0.05) is 28.6 Å². The first kappa shape index (κ1) is 16.5. The maximum atomic E-state index is 6.39. The molecule has 28 heavy (non-hydrogen) atoms. The molecule has 134 valence electrons. The number of nitrogens with zero attached hydrogens (tertiary/aromatic N) is 1. The summed E-state index contributed by atoms with van der Waals surface area (Å²) >= 11 is 0. The summed E-state index contributed by atoms with van der Waals surface area (Å²) in [6.45, 7) is 2.11. The SMILES string of the molecule is Cc1ccc(-c2c3ccccc3c(Oc3ccccc3)c3ccncc23)cc1. The summed E-state index contributed by atoms with van der Waals surface area (Å²) < 4.78 is 6.39. The highest BCUT2D eigenvalue weighted by atomic mass is 16.5. The fourth-order valence-electron chi connectivity index (χ4n) is 3.73. The Hall–Kier alpha value is -3.65. The summed E-state index contributed by atoms with van der Waals surface area (Å²) in [5.74, 6) is 1.70. The molecule has 0 aliphatic carbocycles. The molecule has 0 aliphatic rings. The highest BCUT2D eigenvalue weighted by Gasteiger charge is 2.16. The van der Waals surface area contributed by atoms with E-state index in [2.05, 4.69) is 60.4 Å². The molecule has 0 saturated heterocycles. The van der Waals surface area contributed by atoms with E-state index in [0.717, 1.165) is 33.0 Å². The minimum absolute atomic E-state index is 0.828. The van der Waals surface area contributed by atoms with Crippen molar-refractivity contribution >= 4 is 21.5 Å². The number of aryl methyl sites for hydroxylation is 1. The largest absolute Gasteiger partial charge is 0.456 e. The molecule has 0 amide bonds. The average molecular weight is 361 g/mol. The molecule has 1 heterocycles. The maximum Gasteiger partial charge on any atom is 0.143 e. The molecule has 0 radical (unpaired) electrons. The lowest BCUT2D eigenvalue weighted by Crippen LogP contribution is -1.92. The predicted octanol–water partition coefficient (Wildman–Crippen LogP) is 7.16. The second-order valence-corrected chi connectivity index (χ2v) is 6.95. The molecule has 5 aromatic rings. The van der Waals surface area contributed by atoms with E-state index in [1.165, 1.54) is 16.7 Å². The van der Waals surface area contributed by atoms with Crippen molar-refractivity contribution in [3.8, 4) is 22.6 Å². The minimum Gasteiger partial charge on any atom is -0.456 e. The van der Waals surface area contributed by atoms with Crippen molar-refractivity contribution in [2.45, 2.75) is 6.92 Å². The van der Waals surface area contributed by atoms with E-state index in [4.69, 9.17) is 4.74 Å². The Kier molecular flexibility index (Phi) is 4.02. The van der Waals surface area contributed by atoms with Crippen molar-refractivity contribution in [1.82, 2.24) is 4.98 Å². The summed E-state index contributed by atoms with van der Waals surface area (Å²) in [6.07, 6.45) is 3.77. The minimum atomic E-state index is 0.828. The first-order valence-electron chi connectivity index (χ1n) is 9.39. The third kappa shape index (κ3) is 2.80. The van der Waals surface area contributed by atoms with Gasteiger partial charge >= 0.3 is 0 Å². The quantitative estimate of drug-likeness (QED) is 0.318. The zero-order chi connectivity index (χ0) is 18.9. The fraction of sp³-hybridized carbons (Fsp3) is 0.0385. The van der Waals surface area contributed by atoms with E-state index in [0.29, 0.717) is 0 Å². The highest BCUT2D eigenvalue weighted by Crippen LogP contribution is 2.44. The van der Waals surface area contributed by atoms with Gasteiger partial charge in [-0.1, -0.05) is 72.3 Å². The fourth-order valence-corrected chi connectivity index (χ4v) is 3.73. The molecule has 2 nitrogen and oxygen atoms in total. The van der Waals surface area contributed by atoms with Gasteiger partial charge in [0.2, 0.25) is 0 Å². The number of hydrogen-bond donors (Lipinski definition) is 0. The van der Waals surface area contributed by atoms with Crippen molar-refractivity contribution in [2.24, 2.45) is 0 Å². The lowest BCUT2D eigenvalue weighted by atomic mass is 9.92. The summed E-state index contributed by atoms with van der Waals surface area (Å²) in [4.78, 5) is 4.42. The smallest absolute Gasteiger partial charge is 0.143 e. The van der Waals surface area contributed by atoms with Crippen LogP contribution in [0.25, 0.3) is 32.7 Å². The monoisotopic (exact) mass is 361 g/mol. The molecule has 4 aromatic carbocycles. The molecule has 0 unspecified atom stereocenters. The summed E-state index contributed by atoms with van der Waals surface area (Å²) in [7, 11) is 0. The molecule has 0 spiro atoms. The molecule has 0 fully saturated rings. The van der Waals surface area contributed by atoms with Crippen LogP contribution >= 0.6 is 0 Å². The van der Waals surface area contributed by atoms with Crippen LogP contribution in [0.1, 0.15) is 5.56 Å². The number of fused-ring (bicyclic) bond motifs is 2. The van der Waals surface area contributed by atoms with Crippen LogP contribution in [-0.4, -0.2) is 4.98 Å². The van der Waals surface area contributed by atoms with E-state index in [1.807, 2.05) is 48.8 Å². The van der Waals surface area contributed by atoms with Crippen molar-refractivity contribution in [1.29, 1.82) is 0 Å². The van der Waals surface area contributed by atoms with Gasteiger partial charge in [0.15, 0.2) is 0 Å². The lowest BCUT2D eigenvalue weighted by molar-refractivity contribution is 0.494. The van der Waals surface area contributed by atoms with Gasteiger partial charge in [-0.2, -0.15) is 0 Å². The Morgan fingerprint density at radius 3 is 2.11 bits per heavy atom. The third-order valence-electron chi connectivity index (χ3n) is 5.08. The van der Waals surface area contributed by atoms with Gasteiger partial charge in [0.25, 0.3) is 0 Å². The maximum absolute atomic E-state index is 6.39. The Morgan fingerprint density at radius 2 is 1.32 bits per heavy atom. The van der Waals surface area contributed by atoms with E-state index in [1.54, 1.807) is 0 Å². The molecule has 1 aromatic heterocycles. The van der Waals surface area contributed by atoms with E-state index in [9.17, 15) is 0 Å². The van der Waals surface area contributed by atoms with E-state index < -0.39 is 0 Å². The molecule has 0 saturated carbocycles. The number of pyridine rings is 1. The Morgan fingerprint density at radius 1 is 0.643 bits per heavy atom. The predicted molar refractivity (Wildman–Crippen MR) is 116 cm³/mol. The summed E-state index contributed by atoms with van der Waals surface area (Å²) in [5.41, 5.74) is 3.63. The Balaban J connectivity index is 1.87. The molecule has 5 rings (SSSR count). The summed E-state index contributed by atoms with van der Waals surface area (Å²) in [5, 5.41) is 4.42. The van der Waals surface area contributed by atoms with Crippen molar-refractivity contribution in [3.05, 3.63) is 103 Å². The summed E-state index contributed by atoms with van der Waals surface area (Å²) in [6, 6.07) is 29.1. The van der Waals surface area contributed by atoms with Crippen LogP contribution in [0.4, 0.5) is 0 Å². The average Bonchev–Trinajstić information content (AvgIpc) is 2.75. The normalized spacial score (nSPS) is 11.0. The van der Waals surface area contributed by atoms with Gasteiger partial charge in [-0.3, -0.25) is 4.98 Å². The van der Waals surface area contributed by atoms with Gasteiger partial charge < -0.3 is 4.74 Å². The van der Waals surface area contributed by atoms with Crippen molar-refractivity contribution in [2.75, 3.05) is 0 Å². The second-order valence-electron chi connectivity index (χ2n) is 6.95. The first-order valence-corrected chi connectivity index (χ1v) is 9.39. The van der Waals surface area contributed by atoms with Crippen molar-refractivity contribution < 1.29 is 4.74 Å². The van der Waals surface area contributed by atoms with Crippen molar-refractivity contribution in [3.63, 3.8) is 0 Å². The van der Waals surface area contributed by atoms with E-state index in [-0.39, 0.29) is 0 Å².